The van der Waals surface area contributed by atoms with Crippen LogP contribution in [0.15, 0.2) is 59.6 Å². The van der Waals surface area contributed by atoms with Crippen molar-refractivity contribution in [2.45, 2.75) is 39.5 Å². The lowest BCUT2D eigenvalue weighted by molar-refractivity contribution is -0.137. The lowest BCUT2D eigenvalue weighted by Gasteiger charge is -2.13. The fraction of sp³-hybridized carbons (Fsp3) is 0.286. The Bertz CT molecular complexity index is 1330. The number of rotatable bonds is 11. The first kappa shape index (κ1) is 26.6. The number of carbonyl (C=O) groups is 2. The van der Waals surface area contributed by atoms with Gasteiger partial charge in [0.2, 0.25) is 0 Å². The van der Waals surface area contributed by atoms with E-state index in [1.165, 1.54) is 16.7 Å². The van der Waals surface area contributed by atoms with E-state index in [4.69, 9.17) is 27.2 Å². The highest BCUT2D eigenvalue weighted by molar-refractivity contribution is 8.26. The van der Waals surface area contributed by atoms with Gasteiger partial charge in [-0.1, -0.05) is 55.5 Å². The van der Waals surface area contributed by atoms with Gasteiger partial charge < -0.3 is 9.84 Å². The SMILES string of the molecule is CCCCOc1ccc(-c2nn(-c3ccccc3)cc2C=C2SC(=S)N(CCCC(=O)O)C2=O)cc1C. The number of thioether (sulfide) groups is 1. The van der Waals surface area contributed by atoms with Crippen LogP contribution in [0.2, 0.25) is 0 Å². The van der Waals surface area contributed by atoms with Crippen LogP contribution in [0.3, 0.4) is 0 Å². The van der Waals surface area contributed by atoms with Crippen LogP contribution in [0.25, 0.3) is 23.0 Å². The minimum absolute atomic E-state index is 0.0123. The summed E-state index contributed by atoms with van der Waals surface area (Å²) in [5.74, 6) is -0.255. The molecule has 1 fully saturated rings. The third kappa shape index (κ3) is 6.47. The molecule has 1 N–H and O–H groups in total. The molecule has 2 heterocycles. The molecule has 0 atom stereocenters. The van der Waals surface area contributed by atoms with Crippen LogP contribution in [0, 0.1) is 6.92 Å². The van der Waals surface area contributed by atoms with E-state index in [9.17, 15) is 9.59 Å². The predicted octanol–water partition coefficient (Wildman–Crippen LogP) is 6.09. The van der Waals surface area contributed by atoms with Crippen LogP contribution in [0.4, 0.5) is 0 Å². The Hall–Kier alpha value is -3.43. The number of carbonyl (C=O) groups excluding carboxylic acids is 1. The highest BCUT2D eigenvalue weighted by Gasteiger charge is 2.32. The third-order valence-corrected chi connectivity index (χ3v) is 7.28. The van der Waals surface area contributed by atoms with Crippen LogP contribution in [0.5, 0.6) is 5.75 Å². The van der Waals surface area contributed by atoms with E-state index in [0.29, 0.717) is 22.3 Å². The zero-order valence-corrected chi connectivity index (χ0v) is 22.5. The zero-order chi connectivity index (χ0) is 26.4. The van der Waals surface area contributed by atoms with E-state index in [2.05, 4.69) is 6.92 Å². The Balaban J connectivity index is 1.68. The maximum absolute atomic E-state index is 13.1. The Morgan fingerprint density at radius 3 is 2.68 bits per heavy atom. The molecule has 1 amide bonds. The molecule has 0 unspecified atom stereocenters. The number of benzene rings is 2. The monoisotopic (exact) mass is 535 g/mol. The molecule has 192 valence electrons. The van der Waals surface area contributed by atoms with Gasteiger partial charge in [-0.3, -0.25) is 14.5 Å². The highest BCUT2D eigenvalue weighted by atomic mass is 32.2. The molecule has 1 aliphatic rings. The number of amides is 1. The van der Waals surface area contributed by atoms with Gasteiger partial charge in [-0.15, -0.1) is 0 Å². The lowest BCUT2D eigenvalue weighted by Crippen LogP contribution is -2.29. The van der Waals surface area contributed by atoms with Crippen LogP contribution in [-0.4, -0.2) is 49.1 Å². The molecule has 1 saturated heterocycles. The minimum Gasteiger partial charge on any atom is -0.493 e. The number of hydrogen-bond acceptors (Lipinski definition) is 6. The van der Waals surface area contributed by atoms with E-state index in [1.807, 2.05) is 67.7 Å². The number of unbranched alkanes of at least 4 members (excludes halogenated alkanes) is 1. The number of aryl methyl sites for hydroxylation is 1. The van der Waals surface area contributed by atoms with E-state index in [1.54, 1.807) is 4.68 Å². The van der Waals surface area contributed by atoms with Gasteiger partial charge in [0.15, 0.2) is 0 Å². The summed E-state index contributed by atoms with van der Waals surface area (Å²) in [6.07, 6.45) is 6.13. The van der Waals surface area contributed by atoms with E-state index in [0.717, 1.165) is 46.7 Å². The predicted molar refractivity (Wildman–Crippen MR) is 151 cm³/mol. The molecule has 0 radical (unpaired) electrons. The number of thiocarbonyl (C=S) groups is 1. The number of carboxylic acids is 1. The molecule has 1 aliphatic heterocycles. The van der Waals surface area contributed by atoms with Gasteiger partial charge in [-0.05, 0) is 61.7 Å². The van der Waals surface area contributed by atoms with Crippen molar-refractivity contribution in [3.05, 3.63) is 70.8 Å². The fourth-order valence-corrected chi connectivity index (χ4v) is 5.24. The van der Waals surface area contributed by atoms with Gasteiger partial charge >= 0.3 is 5.97 Å². The number of nitrogens with zero attached hydrogens (tertiary/aromatic N) is 3. The average Bonchev–Trinajstić information content (AvgIpc) is 3.42. The Morgan fingerprint density at radius 2 is 1.97 bits per heavy atom. The second kappa shape index (κ2) is 12.2. The molecule has 1 aromatic heterocycles. The van der Waals surface area contributed by atoms with E-state index in [-0.39, 0.29) is 18.9 Å². The van der Waals surface area contributed by atoms with Crippen molar-refractivity contribution in [3.8, 4) is 22.7 Å². The number of aromatic nitrogens is 2. The van der Waals surface area contributed by atoms with Crippen molar-refractivity contribution < 1.29 is 19.4 Å². The van der Waals surface area contributed by atoms with Gasteiger partial charge in [0.25, 0.3) is 5.91 Å². The van der Waals surface area contributed by atoms with Crippen molar-refractivity contribution in [2.75, 3.05) is 13.2 Å². The quantitative estimate of drug-likeness (QED) is 0.181. The Kier molecular flexibility index (Phi) is 8.78. The highest BCUT2D eigenvalue weighted by Crippen LogP contribution is 2.36. The summed E-state index contributed by atoms with van der Waals surface area (Å²) in [7, 11) is 0. The largest absolute Gasteiger partial charge is 0.493 e. The summed E-state index contributed by atoms with van der Waals surface area (Å²) in [5, 5.41) is 13.8. The molecule has 7 nitrogen and oxygen atoms in total. The number of ether oxygens (including phenoxy) is 1. The summed E-state index contributed by atoms with van der Waals surface area (Å²) in [6, 6.07) is 15.8. The minimum atomic E-state index is -0.893. The molecule has 4 rings (SSSR count). The maximum atomic E-state index is 13.1. The molecular formula is C28H29N3O4S2. The van der Waals surface area contributed by atoms with Gasteiger partial charge in [0, 0.05) is 30.3 Å². The number of carboxylic acid groups (broad SMARTS) is 1. The smallest absolute Gasteiger partial charge is 0.303 e. The zero-order valence-electron chi connectivity index (χ0n) is 20.8. The summed E-state index contributed by atoms with van der Waals surface area (Å²) >= 11 is 6.64. The molecule has 3 aromatic rings. The average molecular weight is 536 g/mol. The van der Waals surface area contributed by atoms with Crippen molar-refractivity contribution in [2.24, 2.45) is 0 Å². The van der Waals surface area contributed by atoms with Crippen molar-refractivity contribution in [1.82, 2.24) is 14.7 Å². The summed E-state index contributed by atoms with van der Waals surface area (Å²) < 4.78 is 8.16. The fourth-order valence-electron chi connectivity index (χ4n) is 3.94. The first-order chi connectivity index (χ1) is 17.9. The van der Waals surface area contributed by atoms with Crippen molar-refractivity contribution in [1.29, 1.82) is 0 Å². The number of para-hydroxylation sites is 1. The molecule has 2 aromatic carbocycles. The third-order valence-electron chi connectivity index (χ3n) is 5.90. The first-order valence-corrected chi connectivity index (χ1v) is 13.5. The molecule has 9 heteroatoms. The molecular weight excluding hydrogens is 506 g/mol. The summed E-state index contributed by atoms with van der Waals surface area (Å²) in [4.78, 5) is 25.9. The summed E-state index contributed by atoms with van der Waals surface area (Å²) in [5.41, 5.74) is 4.36. The van der Waals surface area contributed by atoms with Crippen LogP contribution < -0.4 is 4.74 Å². The summed E-state index contributed by atoms with van der Waals surface area (Å²) in [6.45, 7) is 5.11. The topological polar surface area (TPSA) is 84.7 Å². The van der Waals surface area contributed by atoms with Crippen LogP contribution in [0.1, 0.15) is 43.7 Å². The second-order valence-corrected chi connectivity index (χ2v) is 10.4. The molecule has 0 bridgehead atoms. The maximum Gasteiger partial charge on any atom is 0.303 e. The standard InChI is InChI=1S/C28H29N3O4S2/c1-3-4-15-35-23-13-12-20(16-19(23)2)26-21(18-31(29-26)22-9-6-5-7-10-22)17-24-27(34)30(28(36)37-24)14-8-11-25(32)33/h5-7,9-10,12-13,16-18H,3-4,8,11,14-15H2,1-2H3,(H,32,33). The van der Waals surface area contributed by atoms with E-state index < -0.39 is 5.97 Å². The Labute approximate surface area is 226 Å². The van der Waals surface area contributed by atoms with Crippen LogP contribution in [-0.2, 0) is 9.59 Å². The van der Waals surface area contributed by atoms with Gasteiger partial charge in [0.1, 0.15) is 15.8 Å². The number of hydrogen-bond donors (Lipinski definition) is 1. The Morgan fingerprint density at radius 1 is 1.19 bits per heavy atom. The van der Waals surface area contributed by atoms with Gasteiger partial charge in [-0.2, -0.15) is 5.10 Å². The van der Waals surface area contributed by atoms with Gasteiger partial charge in [0.05, 0.1) is 17.2 Å². The molecule has 0 aliphatic carbocycles. The van der Waals surface area contributed by atoms with E-state index >= 15 is 0 Å². The van der Waals surface area contributed by atoms with Crippen molar-refractivity contribution in [3.63, 3.8) is 0 Å². The number of aliphatic carboxylic acids is 1. The van der Waals surface area contributed by atoms with Crippen molar-refractivity contribution >= 4 is 46.3 Å². The van der Waals surface area contributed by atoms with Crippen LogP contribution >= 0.6 is 24.0 Å². The normalized spacial score (nSPS) is 14.5. The second-order valence-electron chi connectivity index (χ2n) is 8.73. The van der Waals surface area contributed by atoms with Gasteiger partial charge in [-0.25, -0.2) is 4.68 Å². The first-order valence-electron chi connectivity index (χ1n) is 12.2. The molecule has 0 spiro atoms. The molecule has 37 heavy (non-hydrogen) atoms. The lowest BCUT2D eigenvalue weighted by atomic mass is 10.0. The molecule has 0 saturated carbocycles.